The Kier molecular flexibility index (Phi) is 4.30. The van der Waals surface area contributed by atoms with Crippen molar-refractivity contribution in [2.24, 2.45) is 5.73 Å². The number of carbonyl (C=O) groups excluding carboxylic acids is 1. The van der Waals surface area contributed by atoms with Gasteiger partial charge in [0.05, 0.1) is 11.3 Å². The molecule has 0 bridgehead atoms. The van der Waals surface area contributed by atoms with Gasteiger partial charge in [-0.25, -0.2) is 9.18 Å². The molecule has 0 aliphatic heterocycles. The van der Waals surface area contributed by atoms with E-state index >= 15 is 0 Å². The molecular weight excluding hydrogens is 275 g/mol. The predicted molar refractivity (Wildman–Crippen MR) is 75.6 cm³/mol. The molecule has 0 fully saturated rings. The van der Waals surface area contributed by atoms with E-state index in [9.17, 15) is 14.0 Å². The number of carboxylic acid groups (broad SMARTS) is 1. The summed E-state index contributed by atoms with van der Waals surface area (Å²) in [5.74, 6) is -2.71. The van der Waals surface area contributed by atoms with Gasteiger partial charge in [0.1, 0.15) is 5.82 Å². The molecule has 21 heavy (non-hydrogen) atoms. The van der Waals surface area contributed by atoms with E-state index in [0.29, 0.717) is 6.54 Å². The van der Waals surface area contributed by atoms with E-state index in [0.717, 1.165) is 11.6 Å². The fourth-order valence-electron chi connectivity index (χ4n) is 1.81. The van der Waals surface area contributed by atoms with Crippen LogP contribution >= 0.6 is 0 Å². The van der Waals surface area contributed by atoms with Crippen LogP contribution in [0.1, 0.15) is 26.3 Å². The van der Waals surface area contributed by atoms with Crippen LogP contribution in [0.25, 0.3) is 0 Å². The first-order chi connectivity index (χ1) is 10.0. The first-order valence-corrected chi connectivity index (χ1v) is 6.15. The Morgan fingerprint density at radius 1 is 1.14 bits per heavy atom. The molecule has 5 nitrogen and oxygen atoms in total. The molecule has 0 saturated carbocycles. The summed E-state index contributed by atoms with van der Waals surface area (Å²) in [4.78, 5) is 23.1. The Morgan fingerprint density at radius 2 is 1.81 bits per heavy atom. The maximum Gasteiger partial charge on any atom is 0.337 e. The minimum Gasteiger partial charge on any atom is -0.478 e. The van der Waals surface area contributed by atoms with Crippen LogP contribution in [-0.4, -0.2) is 17.0 Å². The van der Waals surface area contributed by atoms with E-state index in [-0.39, 0.29) is 16.8 Å². The summed E-state index contributed by atoms with van der Waals surface area (Å²) in [7, 11) is 0. The highest BCUT2D eigenvalue weighted by Gasteiger charge is 2.17. The van der Waals surface area contributed by atoms with Crippen molar-refractivity contribution in [3.05, 3.63) is 65.0 Å². The highest BCUT2D eigenvalue weighted by atomic mass is 19.1. The molecule has 0 unspecified atom stereocenters. The van der Waals surface area contributed by atoms with Crippen LogP contribution in [0.15, 0.2) is 42.5 Å². The molecule has 0 radical (unpaired) electrons. The first kappa shape index (κ1) is 14.7. The molecular formula is C15H13FN2O3. The number of para-hydroxylation sites is 1. The monoisotopic (exact) mass is 288 g/mol. The number of carboxylic acids is 1. The summed E-state index contributed by atoms with van der Waals surface area (Å²) >= 11 is 0. The lowest BCUT2D eigenvalue weighted by Crippen LogP contribution is -2.16. The highest BCUT2D eigenvalue weighted by Crippen LogP contribution is 2.20. The lowest BCUT2D eigenvalue weighted by molar-refractivity contribution is 0.0697. The maximum atomic E-state index is 13.7. The number of halogens is 1. The Balaban J connectivity index is 2.29. The lowest BCUT2D eigenvalue weighted by Gasteiger charge is -2.09. The molecule has 0 aromatic heterocycles. The van der Waals surface area contributed by atoms with Gasteiger partial charge in [-0.15, -0.1) is 0 Å². The highest BCUT2D eigenvalue weighted by molar-refractivity contribution is 6.07. The van der Waals surface area contributed by atoms with E-state index in [2.05, 4.69) is 5.32 Å². The van der Waals surface area contributed by atoms with Crippen molar-refractivity contribution in [1.82, 2.24) is 0 Å². The van der Waals surface area contributed by atoms with E-state index in [4.69, 9.17) is 10.8 Å². The number of carbonyl (C=O) groups is 2. The summed E-state index contributed by atoms with van der Waals surface area (Å²) in [6.07, 6.45) is 0. The van der Waals surface area contributed by atoms with Crippen LogP contribution in [0.2, 0.25) is 0 Å². The molecule has 1 amide bonds. The van der Waals surface area contributed by atoms with Gasteiger partial charge in [-0.3, -0.25) is 4.79 Å². The van der Waals surface area contributed by atoms with Gasteiger partial charge >= 0.3 is 5.97 Å². The number of anilines is 1. The average Bonchev–Trinajstić information content (AvgIpc) is 2.49. The Labute approximate surface area is 120 Å². The quantitative estimate of drug-likeness (QED) is 0.804. The summed E-state index contributed by atoms with van der Waals surface area (Å²) < 4.78 is 13.7. The van der Waals surface area contributed by atoms with Crippen LogP contribution in [0.4, 0.5) is 10.1 Å². The van der Waals surface area contributed by atoms with Gasteiger partial charge in [0.25, 0.3) is 5.91 Å². The van der Waals surface area contributed by atoms with E-state index in [1.807, 2.05) is 0 Å². The number of nitrogens with two attached hydrogens (primary N) is 1. The number of hydrogen-bond donors (Lipinski definition) is 3. The molecule has 2 aromatic carbocycles. The van der Waals surface area contributed by atoms with Gasteiger partial charge in [0.15, 0.2) is 0 Å². The molecule has 4 N–H and O–H groups in total. The van der Waals surface area contributed by atoms with Crippen LogP contribution < -0.4 is 11.1 Å². The van der Waals surface area contributed by atoms with Crippen LogP contribution in [0, 0.1) is 5.82 Å². The summed E-state index contributed by atoms with van der Waals surface area (Å²) in [5.41, 5.74) is 5.94. The van der Waals surface area contributed by atoms with Gasteiger partial charge < -0.3 is 16.2 Å². The predicted octanol–water partition coefficient (Wildman–Crippen LogP) is 2.23. The van der Waals surface area contributed by atoms with Crippen molar-refractivity contribution in [3.8, 4) is 0 Å². The van der Waals surface area contributed by atoms with E-state index < -0.39 is 17.7 Å². The third-order valence-corrected chi connectivity index (χ3v) is 2.93. The topological polar surface area (TPSA) is 92.4 Å². The summed E-state index contributed by atoms with van der Waals surface area (Å²) in [6, 6.07) is 10.0. The third kappa shape index (κ3) is 3.24. The number of benzene rings is 2. The zero-order chi connectivity index (χ0) is 15.4. The first-order valence-electron chi connectivity index (χ1n) is 6.15. The summed E-state index contributed by atoms with van der Waals surface area (Å²) in [6.45, 7) is 0.346. The Bertz CT molecular complexity index is 684. The molecule has 108 valence electrons. The van der Waals surface area contributed by atoms with Crippen molar-refractivity contribution in [3.63, 3.8) is 0 Å². The zero-order valence-corrected chi connectivity index (χ0v) is 11.0. The fourth-order valence-corrected chi connectivity index (χ4v) is 1.81. The van der Waals surface area contributed by atoms with Gasteiger partial charge in [-0.1, -0.05) is 18.2 Å². The van der Waals surface area contributed by atoms with Crippen molar-refractivity contribution >= 4 is 17.6 Å². The minimum atomic E-state index is -1.32. The Hall–Kier alpha value is -2.73. The Morgan fingerprint density at radius 3 is 2.38 bits per heavy atom. The summed E-state index contributed by atoms with van der Waals surface area (Å²) in [5, 5.41) is 11.3. The van der Waals surface area contributed by atoms with Crippen molar-refractivity contribution < 1.29 is 19.1 Å². The second kappa shape index (κ2) is 6.15. The number of aromatic carboxylic acids is 1. The van der Waals surface area contributed by atoms with E-state index in [1.165, 1.54) is 12.1 Å². The number of nitrogens with one attached hydrogen (secondary N) is 1. The standard InChI is InChI=1S/C15H13FN2O3/c16-12-3-1-2-11(15(20)21)13(12)18-14(19)10-6-4-9(8-17)5-7-10/h1-7H,8,17H2,(H,18,19)(H,20,21). The SMILES string of the molecule is NCc1ccc(C(=O)Nc2c(F)cccc2C(=O)O)cc1. The molecule has 2 rings (SSSR count). The molecule has 0 spiro atoms. The number of hydrogen-bond acceptors (Lipinski definition) is 3. The molecule has 0 saturated heterocycles. The van der Waals surface area contributed by atoms with E-state index in [1.54, 1.807) is 24.3 Å². The molecule has 0 aliphatic rings. The smallest absolute Gasteiger partial charge is 0.337 e. The molecule has 6 heteroatoms. The normalized spacial score (nSPS) is 10.2. The van der Waals surface area contributed by atoms with Crippen LogP contribution in [-0.2, 0) is 6.54 Å². The van der Waals surface area contributed by atoms with Crippen LogP contribution in [0.5, 0.6) is 0 Å². The van der Waals surface area contributed by atoms with Gasteiger partial charge in [-0.2, -0.15) is 0 Å². The molecule has 0 atom stereocenters. The van der Waals surface area contributed by atoms with Gasteiger partial charge in [0.2, 0.25) is 0 Å². The lowest BCUT2D eigenvalue weighted by atomic mass is 10.1. The number of amides is 1. The minimum absolute atomic E-state index is 0.284. The second-order valence-corrected chi connectivity index (χ2v) is 4.32. The third-order valence-electron chi connectivity index (χ3n) is 2.93. The molecule has 0 heterocycles. The van der Waals surface area contributed by atoms with Crippen molar-refractivity contribution in [1.29, 1.82) is 0 Å². The number of rotatable bonds is 4. The van der Waals surface area contributed by atoms with Gasteiger partial charge in [-0.05, 0) is 29.8 Å². The molecule has 2 aromatic rings. The second-order valence-electron chi connectivity index (χ2n) is 4.32. The largest absolute Gasteiger partial charge is 0.478 e. The van der Waals surface area contributed by atoms with Crippen molar-refractivity contribution in [2.75, 3.05) is 5.32 Å². The maximum absolute atomic E-state index is 13.7. The zero-order valence-electron chi connectivity index (χ0n) is 11.0. The fraction of sp³-hybridized carbons (Fsp3) is 0.0667. The van der Waals surface area contributed by atoms with Crippen molar-refractivity contribution in [2.45, 2.75) is 6.54 Å². The van der Waals surface area contributed by atoms with Crippen LogP contribution in [0.3, 0.4) is 0 Å². The average molecular weight is 288 g/mol. The molecule has 0 aliphatic carbocycles. The van der Waals surface area contributed by atoms with Gasteiger partial charge in [0, 0.05) is 12.1 Å².